The Morgan fingerprint density at radius 1 is 1.19 bits per heavy atom. The quantitative estimate of drug-likeness (QED) is 0.289. The van der Waals surface area contributed by atoms with Crippen LogP contribution < -0.4 is 11.0 Å². The number of aromatic amines is 2. The van der Waals surface area contributed by atoms with Crippen LogP contribution >= 0.6 is 0 Å². The molecule has 4 aromatic rings. The molecule has 0 aliphatic heterocycles. The Hall–Kier alpha value is -4.34. The van der Waals surface area contributed by atoms with Crippen molar-refractivity contribution in [3.05, 3.63) is 90.1 Å². The summed E-state index contributed by atoms with van der Waals surface area (Å²) in [6.07, 6.45) is 1.39. The van der Waals surface area contributed by atoms with Gasteiger partial charge in [-0.05, 0) is 26.0 Å². The number of carbonyl (C=O) groups is 1. The number of hydrogen-bond donors (Lipinski definition) is 2. The maximum Gasteiger partial charge on any atom is 0.275 e. The average Bonchev–Trinajstić information content (AvgIpc) is 3.15. The van der Waals surface area contributed by atoms with Crippen molar-refractivity contribution < 1.29 is 9.72 Å². The Morgan fingerprint density at radius 2 is 1.97 bits per heavy atom. The van der Waals surface area contributed by atoms with Gasteiger partial charge in [0.25, 0.3) is 11.2 Å². The molecule has 10 nitrogen and oxygen atoms in total. The van der Waals surface area contributed by atoms with E-state index in [1.165, 1.54) is 30.5 Å². The molecule has 4 rings (SSSR count). The molecule has 156 valence electrons. The number of pyridine rings is 2. The van der Waals surface area contributed by atoms with Crippen LogP contribution in [0.5, 0.6) is 0 Å². The van der Waals surface area contributed by atoms with E-state index in [0.29, 0.717) is 12.2 Å². The number of H-pyrrole nitrogens is 2. The fourth-order valence-electron chi connectivity index (χ4n) is 3.46. The first-order chi connectivity index (χ1) is 14.8. The third-order valence-corrected chi connectivity index (χ3v) is 5.00. The van der Waals surface area contributed by atoms with Crippen LogP contribution in [0.2, 0.25) is 0 Å². The summed E-state index contributed by atoms with van der Waals surface area (Å²) in [5.41, 5.74) is -0.420. The van der Waals surface area contributed by atoms with E-state index in [9.17, 15) is 24.5 Å². The monoisotopic (exact) mass is 419 g/mol. The highest BCUT2D eigenvalue weighted by Gasteiger charge is 2.25. The highest BCUT2D eigenvalue weighted by atomic mass is 16.6. The molecule has 10 heteroatoms. The van der Waals surface area contributed by atoms with Gasteiger partial charge in [0.05, 0.1) is 21.6 Å². The number of non-ortho nitro benzene ring substituents is 1. The fraction of sp³-hybridized carbons (Fsp3) is 0.143. The Morgan fingerprint density at radius 3 is 2.68 bits per heavy atom. The number of fused-ring (bicyclic) bond motifs is 1. The largest absolute Gasteiger partial charge is 0.332 e. The third-order valence-electron chi connectivity index (χ3n) is 5.00. The number of nitrogens with one attached hydrogen (secondary N) is 2. The maximum absolute atomic E-state index is 13.3. The Bertz CT molecular complexity index is 1480. The molecule has 0 spiro atoms. The van der Waals surface area contributed by atoms with Gasteiger partial charge in [-0.1, -0.05) is 12.1 Å². The van der Waals surface area contributed by atoms with Crippen LogP contribution in [0.1, 0.15) is 28.5 Å². The Kier molecular flexibility index (Phi) is 4.82. The predicted molar refractivity (Wildman–Crippen MR) is 113 cm³/mol. The van der Waals surface area contributed by atoms with Crippen molar-refractivity contribution in [3.8, 4) is 11.3 Å². The second-order valence-corrected chi connectivity index (χ2v) is 6.95. The highest BCUT2D eigenvalue weighted by molar-refractivity contribution is 6.13. The number of hydrogen-bond acceptors (Lipinski definition) is 6. The molecule has 0 saturated heterocycles. The van der Waals surface area contributed by atoms with Crippen LogP contribution in [-0.2, 0) is 6.54 Å². The molecule has 3 aromatic heterocycles. The highest BCUT2D eigenvalue weighted by Crippen LogP contribution is 2.25. The average molecular weight is 419 g/mol. The molecule has 0 unspecified atom stereocenters. The molecule has 31 heavy (non-hydrogen) atoms. The molecule has 0 aliphatic carbocycles. The zero-order valence-corrected chi connectivity index (χ0v) is 16.6. The summed E-state index contributed by atoms with van der Waals surface area (Å²) in [7, 11) is 0. The van der Waals surface area contributed by atoms with Crippen molar-refractivity contribution in [2.24, 2.45) is 0 Å². The van der Waals surface area contributed by atoms with E-state index in [1.54, 1.807) is 23.6 Å². The van der Waals surface area contributed by atoms with Crippen molar-refractivity contribution in [2.75, 3.05) is 0 Å². The number of ketones is 1. The molecular formula is C21H17N5O5. The fourth-order valence-corrected chi connectivity index (χ4v) is 3.46. The second-order valence-electron chi connectivity index (χ2n) is 6.95. The number of benzene rings is 1. The molecule has 0 atom stereocenters. The van der Waals surface area contributed by atoms with Gasteiger partial charge < -0.3 is 4.57 Å². The lowest BCUT2D eigenvalue weighted by atomic mass is 9.99. The van der Waals surface area contributed by atoms with Gasteiger partial charge in [0.2, 0.25) is 11.2 Å². The van der Waals surface area contributed by atoms with Crippen LogP contribution in [0.4, 0.5) is 5.69 Å². The van der Waals surface area contributed by atoms with E-state index in [0.717, 1.165) is 5.69 Å². The molecule has 0 saturated carbocycles. The third kappa shape index (κ3) is 3.33. The van der Waals surface area contributed by atoms with E-state index in [4.69, 9.17) is 0 Å². The van der Waals surface area contributed by atoms with E-state index in [-0.39, 0.29) is 33.5 Å². The van der Waals surface area contributed by atoms with Gasteiger partial charge >= 0.3 is 0 Å². The summed E-state index contributed by atoms with van der Waals surface area (Å²) in [5, 5.41) is 16.3. The van der Waals surface area contributed by atoms with Gasteiger partial charge in [-0.3, -0.25) is 34.7 Å². The van der Waals surface area contributed by atoms with Gasteiger partial charge in [0.1, 0.15) is 11.2 Å². The first kappa shape index (κ1) is 20.0. The summed E-state index contributed by atoms with van der Waals surface area (Å²) in [4.78, 5) is 53.8. The minimum absolute atomic E-state index is 0.0725. The molecule has 2 N–H and O–H groups in total. The van der Waals surface area contributed by atoms with Crippen LogP contribution in [-0.4, -0.2) is 30.5 Å². The van der Waals surface area contributed by atoms with Crippen LogP contribution in [0, 0.1) is 17.0 Å². The molecule has 0 amide bonds. The zero-order valence-electron chi connectivity index (χ0n) is 16.6. The molecule has 0 bridgehead atoms. The van der Waals surface area contributed by atoms with Gasteiger partial charge in [0, 0.05) is 36.1 Å². The standard InChI is InChI=1S/C21H17N5O5/c1-3-25-10-15(18(27)14-8-7-11(2)22-20(14)25)19(28)16-17(23-24-21(16)29)12-5-4-6-13(9-12)26(30)31/h4-10H,3H2,1-2H3,(H2,23,24,29). The summed E-state index contributed by atoms with van der Waals surface area (Å²) in [5.74, 6) is -0.779. The summed E-state index contributed by atoms with van der Waals surface area (Å²) >= 11 is 0. The van der Waals surface area contributed by atoms with Crippen molar-refractivity contribution in [2.45, 2.75) is 20.4 Å². The summed E-state index contributed by atoms with van der Waals surface area (Å²) < 4.78 is 1.67. The molecule has 0 radical (unpaired) electrons. The van der Waals surface area contributed by atoms with E-state index in [2.05, 4.69) is 15.2 Å². The first-order valence-corrected chi connectivity index (χ1v) is 9.42. The molecule has 3 heterocycles. The van der Waals surface area contributed by atoms with E-state index < -0.39 is 21.7 Å². The molecule has 1 aromatic carbocycles. The molecule has 0 fully saturated rings. The SMILES string of the molecule is CCn1cc(C(=O)c2c(-c3cccc([N+](=O)[O-])c3)[nH][nH]c2=O)c(=O)c2ccc(C)nc21. The number of rotatable bonds is 5. The van der Waals surface area contributed by atoms with Crippen molar-refractivity contribution in [1.82, 2.24) is 19.7 Å². The van der Waals surface area contributed by atoms with Crippen molar-refractivity contribution in [1.29, 1.82) is 0 Å². The normalized spacial score (nSPS) is 11.0. The minimum atomic E-state index is -0.779. The van der Waals surface area contributed by atoms with Gasteiger partial charge in [0.15, 0.2) is 0 Å². The Balaban J connectivity index is 1.93. The number of aryl methyl sites for hydroxylation is 2. The van der Waals surface area contributed by atoms with E-state index in [1.807, 2.05) is 6.92 Å². The minimum Gasteiger partial charge on any atom is -0.332 e. The van der Waals surface area contributed by atoms with Crippen molar-refractivity contribution >= 4 is 22.5 Å². The lowest BCUT2D eigenvalue weighted by molar-refractivity contribution is -0.384. The zero-order chi connectivity index (χ0) is 22.3. The summed E-state index contributed by atoms with van der Waals surface area (Å²) in [6.45, 7) is 4.10. The van der Waals surface area contributed by atoms with Crippen LogP contribution in [0.3, 0.4) is 0 Å². The smallest absolute Gasteiger partial charge is 0.275 e. The van der Waals surface area contributed by atoms with Gasteiger partial charge in [-0.2, -0.15) is 0 Å². The molecule has 0 aliphatic rings. The maximum atomic E-state index is 13.3. The van der Waals surface area contributed by atoms with E-state index >= 15 is 0 Å². The number of nitro benzene ring substituents is 1. The van der Waals surface area contributed by atoms with Crippen LogP contribution in [0.25, 0.3) is 22.3 Å². The first-order valence-electron chi connectivity index (χ1n) is 9.42. The Labute approximate surface area is 174 Å². The summed E-state index contributed by atoms with van der Waals surface area (Å²) in [6, 6.07) is 8.80. The topological polar surface area (TPSA) is 144 Å². The molecular weight excluding hydrogens is 402 g/mol. The lowest BCUT2D eigenvalue weighted by Crippen LogP contribution is -2.24. The van der Waals surface area contributed by atoms with Gasteiger partial charge in [-0.25, -0.2) is 4.98 Å². The van der Waals surface area contributed by atoms with Gasteiger partial charge in [-0.15, -0.1) is 0 Å². The second kappa shape index (κ2) is 7.48. The predicted octanol–water partition coefficient (Wildman–Crippen LogP) is 2.55. The number of aromatic nitrogens is 4. The number of nitro groups is 1. The lowest BCUT2D eigenvalue weighted by Gasteiger charge is -2.11. The van der Waals surface area contributed by atoms with Crippen molar-refractivity contribution in [3.63, 3.8) is 0 Å². The number of carbonyl (C=O) groups excluding carboxylic acids is 1. The van der Waals surface area contributed by atoms with Crippen LogP contribution in [0.15, 0.2) is 52.2 Å². The number of nitrogens with zero attached hydrogens (tertiary/aromatic N) is 3.